The number of amides is 2. The molecule has 1 saturated carbocycles. The van der Waals surface area contributed by atoms with E-state index in [-0.39, 0.29) is 24.5 Å². The lowest BCUT2D eigenvalue weighted by molar-refractivity contribution is -0.142. The largest absolute Gasteiger partial charge is 0.484 e. The van der Waals surface area contributed by atoms with Gasteiger partial charge >= 0.3 is 0 Å². The summed E-state index contributed by atoms with van der Waals surface area (Å²) in [6.45, 7) is 3.89. The summed E-state index contributed by atoms with van der Waals surface area (Å²) in [5, 5.41) is 3.72. The van der Waals surface area contributed by atoms with E-state index in [0.29, 0.717) is 17.3 Å². The molecule has 1 aliphatic rings. The minimum Gasteiger partial charge on any atom is -0.484 e. The van der Waals surface area contributed by atoms with Crippen molar-refractivity contribution in [3.05, 3.63) is 63.1 Å². The van der Waals surface area contributed by atoms with Crippen molar-refractivity contribution in [3.8, 4) is 5.75 Å². The Balaban J connectivity index is 1.71. The average molecular weight is 508 g/mol. The van der Waals surface area contributed by atoms with Crippen LogP contribution in [0.1, 0.15) is 43.7 Å². The molecule has 0 radical (unpaired) electrons. The van der Waals surface area contributed by atoms with Crippen LogP contribution in [0.15, 0.2) is 46.9 Å². The summed E-state index contributed by atoms with van der Waals surface area (Å²) >= 11 is 9.45. The van der Waals surface area contributed by atoms with Gasteiger partial charge in [0.1, 0.15) is 11.8 Å². The summed E-state index contributed by atoms with van der Waals surface area (Å²) in [6, 6.07) is 12.4. The number of carbonyl (C=O) groups excluding carboxylic acids is 2. The summed E-state index contributed by atoms with van der Waals surface area (Å²) in [5.41, 5.74) is 1.92. The number of halogens is 2. The molecule has 3 rings (SSSR count). The summed E-state index contributed by atoms with van der Waals surface area (Å²) in [4.78, 5) is 27.6. The van der Waals surface area contributed by atoms with Crippen LogP contribution < -0.4 is 10.1 Å². The number of hydrogen-bond acceptors (Lipinski definition) is 3. The van der Waals surface area contributed by atoms with Gasteiger partial charge in [-0.15, -0.1) is 0 Å². The quantitative estimate of drug-likeness (QED) is 0.530. The van der Waals surface area contributed by atoms with Crippen molar-refractivity contribution in [2.24, 2.45) is 0 Å². The van der Waals surface area contributed by atoms with E-state index in [4.69, 9.17) is 16.3 Å². The molecule has 0 aromatic heterocycles. The summed E-state index contributed by atoms with van der Waals surface area (Å²) < 4.78 is 6.72. The van der Waals surface area contributed by atoms with E-state index in [2.05, 4.69) is 21.2 Å². The topological polar surface area (TPSA) is 58.6 Å². The smallest absolute Gasteiger partial charge is 0.261 e. The highest BCUT2D eigenvalue weighted by molar-refractivity contribution is 9.10. The number of rotatable bonds is 8. The van der Waals surface area contributed by atoms with Gasteiger partial charge in [-0.1, -0.05) is 52.5 Å². The van der Waals surface area contributed by atoms with Gasteiger partial charge < -0.3 is 15.0 Å². The third kappa shape index (κ3) is 6.71. The monoisotopic (exact) mass is 506 g/mol. The Hall–Kier alpha value is -2.05. The highest BCUT2D eigenvalue weighted by atomic mass is 79.9. The van der Waals surface area contributed by atoms with E-state index in [1.54, 1.807) is 24.0 Å². The molecule has 1 atom stereocenters. The molecule has 7 heteroatoms. The second-order valence-corrected chi connectivity index (χ2v) is 9.30. The maximum atomic E-state index is 13.1. The standard InChI is InChI=1S/C24H28BrClN2O3/c1-16-13-21(11-12-22(16)25)31-15-23(29)28(14-18-7-9-19(26)10-8-18)17(2)24(30)27-20-5-3-4-6-20/h7-13,17,20H,3-6,14-15H2,1-2H3,(H,27,30). The van der Waals surface area contributed by atoms with Crippen LogP contribution in [-0.2, 0) is 16.1 Å². The van der Waals surface area contributed by atoms with E-state index in [1.165, 1.54) is 0 Å². The van der Waals surface area contributed by atoms with Gasteiger partial charge in [0.25, 0.3) is 5.91 Å². The van der Waals surface area contributed by atoms with Crippen LogP contribution in [0.3, 0.4) is 0 Å². The van der Waals surface area contributed by atoms with Gasteiger partial charge in [0.05, 0.1) is 0 Å². The third-order valence-electron chi connectivity index (χ3n) is 5.63. The van der Waals surface area contributed by atoms with Gasteiger partial charge in [0.15, 0.2) is 6.61 Å². The fourth-order valence-corrected chi connectivity index (χ4v) is 4.07. The minimum atomic E-state index is -0.612. The molecule has 0 saturated heterocycles. The number of carbonyl (C=O) groups is 2. The SMILES string of the molecule is Cc1cc(OCC(=O)N(Cc2ccc(Cl)cc2)C(C)C(=O)NC2CCCC2)ccc1Br. The summed E-state index contributed by atoms with van der Waals surface area (Å²) in [6.07, 6.45) is 4.26. The van der Waals surface area contributed by atoms with Crippen LogP contribution in [0, 0.1) is 6.92 Å². The molecule has 0 aliphatic heterocycles. The summed E-state index contributed by atoms with van der Waals surface area (Å²) in [7, 11) is 0. The maximum absolute atomic E-state index is 13.1. The molecule has 166 valence electrons. The van der Waals surface area contributed by atoms with Crippen LogP contribution in [0.5, 0.6) is 5.75 Å². The van der Waals surface area contributed by atoms with Crippen LogP contribution in [0.2, 0.25) is 5.02 Å². The highest BCUT2D eigenvalue weighted by Gasteiger charge is 2.28. The zero-order chi connectivity index (χ0) is 22.4. The Labute approximate surface area is 197 Å². The van der Waals surface area contributed by atoms with Crippen molar-refractivity contribution < 1.29 is 14.3 Å². The number of hydrogen-bond donors (Lipinski definition) is 1. The number of benzene rings is 2. The van der Waals surface area contributed by atoms with Crippen LogP contribution in [0.4, 0.5) is 0 Å². The molecular weight excluding hydrogens is 480 g/mol. The number of nitrogens with zero attached hydrogens (tertiary/aromatic N) is 1. The van der Waals surface area contributed by atoms with E-state index in [9.17, 15) is 9.59 Å². The molecule has 2 aromatic carbocycles. The molecule has 2 amide bonds. The van der Waals surface area contributed by atoms with Gasteiger partial charge in [-0.05, 0) is 68.1 Å². The lowest BCUT2D eigenvalue weighted by Crippen LogP contribution is -2.50. The zero-order valence-corrected chi connectivity index (χ0v) is 20.2. The van der Waals surface area contributed by atoms with Gasteiger partial charge in [0, 0.05) is 22.1 Å². The second-order valence-electron chi connectivity index (χ2n) is 8.01. The molecule has 1 fully saturated rings. The van der Waals surface area contributed by atoms with Gasteiger partial charge in [-0.25, -0.2) is 0 Å². The van der Waals surface area contributed by atoms with Crippen molar-refractivity contribution in [2.45, 2.75) is 58.2 Å². The average Bonchev–Trinajstić information content (AvgIpc) is 3.26. The van der Waals surface area contributed by atoms with Crippen LogP contribution in [-0.4, -0.2) is 35.4 Å². The fourth-order valence-electron chi connectivity index (χ4n) is 3.70. The zero-order valence-electron chi connectivity index (χ0n) is 17.9. The molecule has 0 spiro atoms. The Morgan fingerprint density at radius 3 is 2.52 bits per heavy atom. The molecule has 2 aromatic rings. The Kier molecular flexibility index (Phi) is 8.38. The van der Waals surface area contributed by atoms with E-state index >= 15 is 0 Å². The highest BCUT2D eigenvalue weighted by Crippen LogP contribution is 2.22. The molecule has 31 heavy (non-hydrogen) atoms. The Morgan fingerprint density at radius 1 is 1.19 bits per heavy atom. The molecule has 1 unspecified atom stereocenters. The Bertz CT molecular complexity index is 914. The first kappa shape index (κ1) is 23.6. The van der Waals surface area contributed by atoms with Crippen molar-refractivity contribution >= 4 is 39.3 Å². The third-order valence-corrected chi connectivity index (χ3v) is 6.77. The first-order valence-corrected chi connectivity index (χ1v) is 11.7. The van der Waals surface area contributed by atoms with Gasteiger partial charge in [-0.3, -0.25) is 9.59 Å². The summed E-state index contributed by atoms with van der Waals surface area (Å²) in [5.74, 6) is 0.238. The second kappa shape index (κ2) is 11.0. The van der Waals surface area contributed by atoms with Crippen molar-refractivity contribution in [3.63, 3.8) is 0 Å². The number of aryl methyl sites for hydroxylation is 1. The van der Waals surface area contributed by atoms with Crippen molar-refractivity contribution in [1.82, 2.24) is 10.2 Å². The molecular formula is C24H28BrClN2O3. The van der Waals surface area contributed by atoms with Crippen molar-refractivity contribution in [1.29, 1.82) is 0 Å². The Morgan fingerprint density at radius 2 is 1.87 bits per heavy atom. The van der Waals surface area contributed by atoms with E-state index in [0.717, 1.165) is 41.3 Å². The maximum Gasteiger partial charge on any atom is 0.261 e. The minimum absolute atomic E-state index is 0.131. The van der Waals surface area contributed by atoms with Crippen LogP contribution in [0.25, 0.3) is 0 Å². The predicted molar refractivity (Wildman–Crippen MR) is 126 cm³/mol. The predicted octanol–water partition coefficient (Wildman–Crippen LogP) is 5.27. The molecule has 0 heterocycles. The normalized spacial score (nSPS) is 14.8. The molecule has 1 aliphatic carbocycles. The lowest BCUT2D eigenvalue weighted by atomic mass is 10.1. The van der Waals surface area contributed by atoms with Crippen LogP contribution >= 0.6 is 27.5 Å². The lowest BCUT2D eigenvalue weighted by Gasteiger charge is -2.29. The van der Waals surface area contributed by atoms with Gasteiger partial charge in [0.2, 0.25) is 5.91 Å². The van der Waals surface area contributed by atoms with Crippen molar-refractivity contribution in [2.75, 3.05) is 6.61 Å². The number of ether oxygens (including phenoxy) is 1. The molecule has 1 N–H and O–H groups in total. The first-order chi connectivity index (χ1) is 14.8. The number of nitrogens with one attached hydrogen (secondary N) is 1. The first-order valence-electron chi connectivity index (χ1n) is 10.6. The fraction of sp³-hybridized carbons (Fsp3) is 0.417. The van der Waals surface area contributed by atoms with E-state index in [1.807, 2.05) is 37.3 Å². The van der Waals surface area contributed by atoms with Gasteiger partial charge in [-0.2, -0.15) is 0 Å². The molecule has 0 bridgehead atoms. The molecule has 5 nitrogen and oxygen atoms in total. The van der Waals surface area contributed by atoms with E-state index < -0.39 is 6.04 Å².